The van der Waals surface area contributed by atoms with Gasteiger partial charge in [-0.1, -0.05) is 22.6 Å². The second-order valence-corrected chi connectivity index (χ2v) is 2.59. The van der Waals surface area contributed by atoms with E-state index in [1.807, 2.05) is 12.1 Å². The molecule has 1 aromatic heterocycles. The molecule has 0 aliphatic carbocycles. The smallest absolute Gasteiger partial charge is 0.101 e. The van der Waals surface area contributed by atoms with Crippen LogP contribution < -0.4 is 0 Å². The fourth-order valence-electron chi connectivity index (χ4n) is 0.622. The molecule has 0 N–H and O–H groups in total. The number of aromatic nitrogens is 1. The summed E-state index contributed by atoms with van der Waals surface area (Å²) < 4.78 is 0.903. The Hall–Kier alpha value is -0.630. The van der Waals surface area contributed by atoms with Crippen LogP contribution in [0.25, 0.3) is 0 Å². The van der Waals surface area contributed by atoms with E-state index in [9.17, 15) is 0 Å². The van der Waals surface area contributed by atoms with Crippen LogP contribution in [0, 0.1) is 11.3 Å². The summed E-state index contributed by atoms with van der Waals surface area (Å²) in [6.45, 7) is 0. The standard InChI is InChI=1S/C7H5IN2/c8-2-6-1-7(3-9)5-10-4-6/h1,4-5H,2H2. The van der Waals surface area contributed by atoms with Gasteiger partial charge in [0.1, 0.15) is 6.07 Å². The first-order valence-corrected chi connectivity index (χ1v) is 4.29. The van der Waals surface area contributed by atoms with Gasteiger partial charge < -0.3 is 0 Å². The molecular formula is C7H5IN2. The van der Waals surface area contributed by atoms with Crippen molar-refractivity contribution in [2.75, 3.05) is 0 Å². The second kappa shape index (κ2) is 3.52. The van der Waals surface area contributed by atoms with Gasteiger partial charge in [-0.05, 0) is 11.6 Å². The molecule has 0 bridgehead atoms. The van der Waals surface area contributed by atoms with E-state index >= 15 is 0 Å². The van der Waals surface area contributed by atoms with E-state index in [1.54, 1.807) is 12.4 Å². The van der Waals surface area contributed by atoms with Crippen LogP contribution in [0.5, 0.6) is 0 Å². The van der Waals surface area contributed by atoms with E-state index in [0.29, 0.717) is 5.56 Å². The maximum Gasteiger partial charge on any atom is 0.101 e. The summed E-state index contributed by atoms with van der Waals surface area (Å²) in [5, 5.41) is 8.47. The lowest BCUT2D eigenvalue weighted by molar-refractivity contribution is 1.24. The van der Waals surface area contributed by atoms with Crippen molar-refractivity contribution in [3.05, 3.63) is 29.6 Å². The summed E-state index contributed by atoms with van der Waals surface area (Å²) in [4.78, 5) is 3.90. The van der Waals surface area contributed by atoms with Crippen molar-refractivity contribution in [3.63, 3.8) is 0 Å². The Balaban J connectivity index is 3.01. The van der Waals surface area contributed by atoms with Crippen molar-refractivity contribution in [1.29, 1.82) is 5.26 Å². The third-order valence-electron chi connectivity index (χ3n) is 1.08. The molecule has 0 atom stereocenters. The van der Waals surface area contributed by atoms with Crippen LogP contribution in [0.1, 0.15) is 11.1 Å². The van der Waals surface area contributed by atoms with E-state index in [1.165, 1.54) is 0 Å². The minimum absolute atomic E-state index is 0.633. The van der Waals surface area contributed by atoms with Gasteiger partial charge in [-0.3, -0.25) is 4.98 Å². The third-order valence-corrected chi connectivity index (χ3v) is 1.96. The largest absolute Gasteiger partial charge is 0.263 e. The average molecular weight is 244 g/mol. The molecular weight excluding hydrogens is 239 g/mol. The van der Waals surface area contributed by atoms with Gasteiger partial charge in [0.15, 0.2) is 0 Å². The Morgan fingerprint density at radius 3 is 3.00 bits per heavy atom. The topological polar surface area (TPSA) is 36.7 Å². The van der Waals surface area contributed by atoms with E-state index in [2.05, 4.69) is 27.6 Å². The molecule has 0 fully saturated rings. The number of hydrogen-bond donors (Lipinski definition) is 0. The molecule has 0 unspecified atom stereocenters. The zero-order valence-corrected chi connectivity index (χ0v) is 7.37. The number of alkyl halides is 1. The Labute approximate surface area is 73.0 Å². The van der Waals surface area contributed by atoms with Gasteiger partial charge in [0, 0.05) is 16.8 Å². The predicted octanol–water partition coefficient (Wildman–Crippen LogP) is 1.89. The van der Waals surface area contributed by atoms with E-state index in [4.69, 9.17) is 5.26 Å². The molecule has 1 heterocycles. The average Bonchev–Trinajstić information content (AvgIpc) is 2.05. The highest BCUT2D eigenvalue weighted by Gasteiger charge is 1.91. The van der Waals surface area contributed by atoms with Crippen LogP contribution in [-0.2, 0) is 4.43 Å². The fraction of sp³-hybridized carbons (Fsp3) is 0.143. The number of nitriles is 1. The van der Waals surface area contributed by atoms with Crippen molar-refractivity contribution >= 4 is 22.6 Å². The number of rotatable bonds is 1. The third kappa shape index (κ3) is 1.67. The first kappa shape index (κ1) is 7.48. The Morgan fingerprint density at radius 1 is 1.60 bits per heavy atom. The molecule has 0 amide bonds. The first-order chi connectivity index (χ1) is 4.86. The van der Waals surface area contributed by atoms with E-state index < -0.39 is 0 Å². The minimum Gasteiger partial charge on any atom is -0.263 e. The summed E-state index contributed by atoms with van der Waals surface area (Å²) in [6, 6.07) is 3.88. The van der Waals surface area contributed by atoms with Gasteiger partial charge in [0.25, 0.3) is 0 Å². The molecule has 0 aliphatic heterocycles. The highest BCUT2D eigenvalue weighted by molar-refractivity contribution is 14.1. The molecule has 2 nitrogen and oxygen atoms in total. The Bertz CT molecular complexity index is 265. The Kier molecular flexibility index (Phi) is 2.63. The predicted molar refractivity (Wildman–Crippen MR) is 46.7 cm³/mol. The molecule has 0 radical (unpaired) electrons. The van der Waals surface area contributed by atoms with Gasteiger partial charge in [0.2, 0.25) is 0 Å². The fourth-order valence-corrected chi connectivity index (χ4v) is 1.04. The lowest BCUT2D eigenvalue weighted by Gasteiger charge is -1.91. The van der Waals surface area contributed by atoms with Crippen molar-refractivity contribution in [2.45, 2.75) is 4.43 Å². The van der Waals surface area contributed by atoms with Gasteiger partial charge in [0.05, 0.1) is 5.56 Å². The zero-order valence-electron chi connectivity index (χ0n) is 5.21. The van der Waals surface area contributed by atoms with Gasteiger partial charge in [-0.25, -0.2) is 0 Å². The zero-order chi connectivity index (χ0) is 7.40. The summed E-state index contributed by atoms with van der Waals surface area (Å²) >= 11 is 2.24. The summed E-state index contributed by atoms with van der Waals surface area (Å²) in [5.41, 5.74) is 1.73. The summed E-state index contributed by atoms with van der Waals surface area (Å²) in [5.74, 6) is 0. The van der Waals surface area contributed by atoms with Gasteiger partial charge in [-0.15, -0.1) is 0 Å². The van der Waals surface area contributed by atoms with Crippen LogP contribution in [0.15, 0.2) is 18.5 Å². The summed E-state index contributed by atoms with van der Waals surface area (Å²) in [6.07, 6.45) is 3.34. The van der Waals surface area contributed by atoms with Crippen LogP contribution in [0.3, 0.4) is 0 Å². The minimum atomic E-state index is 0.633. The highest BCUT2D eigenvalue weighted by Crippen LogP contribution is 2.05. The van der Waals surface area contributed by atoms with Crippen LogP contribution >= 0.6 is 22.6 Å². The molecule has 0 saturated carbocycles. The lowest BCUT2D eigenvalue weighted by Crippen LogP contribution is -1.82. The second-order valence-electron chi connectivity index (χ2n) is 1.83. The number of hydrogen-bond acceptors (Lipinski definition) is 2. The highest BCUT2D eigenvalue weighted by atomic mass is 127. The van der Waals surface area contributed by atoms with Crippen LogP contribution in [0.4, 0.5) is 0 Å². The molecule has 3 heteroatoms. The lowest BCUT2D eigenvalue weighted by atomic mass is 10.2. The van der Waals surface area contributed by atoms with Crippen LogP contribution in [-0.4, -0.2) is 4.98 Å². The molecule has 0 saturated heterocycles. The molecule has 50 valence electrons. The molecule has 1 aromatic rings. The van der Waals surface area contributed by atoms with Crippen molar-refractivity contribution in [1.82, 2.24) is 4.98 Å². The van der Waals surface area contributed by atoms with Gasteiger partial charge >= 0.3 is 0 Å². The number of nitrogens with zero attached hydrogens (tertiary/aromatic N) is 2. The maximum atomic E-state index is 8.47. The van der Waals surface area contributed by atoms with Gasteiger partial charge in [-0.2, -0.15) is 5.26 Å². The van der Waals surface area contributed by atoms with Crippen molar-refractivity contribution < 1.29 is 0 Å². The first-order valence-electron chi connectivity index (χ1n) is 2.77. The molecule has 0 spiro atoms. The maximum absolute atomic E-state index is 8.47. The van der Waals surface area contributed by atoms with E-state index in [-0.39, 0.29) is 0 Å². The van der Waals surface area contributed by atoms with E-state index in [0.717, 1.165) is 9.99 Å². The SMILES string of the molecule is N#Cc1cncc(CI)c1. The summed E-state index contributed by atoms with van der Waals surface area (Å²) in [7, 11) is 0. The number of pyridine rings is 1. The Morgan fingerprint density at radius 2 is 2.40 bits per heavy atom. The normalized spacial score (nSPS) is 8.80. The monoisotopic (exact) mass is 244 g/mol. The quantitative estimate of drug-likeness (QED) is 0.558. The van der Waals surface area contributed by atoms with Crippen LogP contribution in [0.2, 0.25) is 0 Å². The molecule has 10 heavy (non-hydrogen) atoms. The molecule has 1 rings (SSSR count). The number of halogens is 1. The molecule has 0 aliphatic rings. The van der Waals surface area contributed by atoms with Crippen molar-refractivity contribution in [3.8, 4) is 6.07 Å². The molecule has 0 aromatic carbocycles. The van der Waals surface area contributed by atoms with Crippen molar-refractivity contribution in [2.24, 2.45) is 0 Å².